The summed E-state index contributed by atoms with van der Waals surface area (Å²) in [6.45, 7) is 0.118. The molecule has 1 fully saturated rings. The predicted octanol–water partition coefficient (Wildman–Crippen LogP) is 8.04. The van der Waals surface area contributed by atoms with E-state index in [2.05, 4.69) is 0 Å². The van der Waals surface area contributed by atoms with Crippen LogP contribution in [0.4, 0.5) is 39.5 Å². The molecule has 1 aliphatic rings. The summed E-state index contributed by atoms with van der Waals surface area (Å²) in [6, 6.07) is 6.14. The number of carboxylic acids is 1. The third-order valence-electron chi connectivity index (χ3n) is 6.56. The summed E-state index contributed by atoms with van der Waals surface area (Å²) in [4.78, 5) is 12.9. The van der Waals surface area contributed by atoms with Crippen LogP contribution < -0.4 is 0 Å². The summed E-state index contributed by atoms with van der Waals surface area (Å²) in [5, 5.41) is 9.21. The fraction of sp³-hybridized carbons (Fsp3) is 0.480. The lowest BCUT2D eigenvalue weighted by Crippen LogP contribution is -2.40. The number of halogens is 9. The van der Waals surface area contributed by atoms with E-state index in [4.69, 9.17) is 0 Å². The molecule has 1 saturated heterocycles. The van der Waals surface area contributed by atoms with Crippen LogP contribution in [0.2, 0.25) is 0 Å². The van der Waals surface area contributed by atoms with Crippen molar-refractivity contribution < 1.29 is 49.4 Å². The monoisotopic (exact) mass is 541 g/mol. The third-order valence-corrected chi connectivity index (χ3v) is 6.56. The normalized spacial score (nSPS) is 20.6. The first-order valence-corrected chi connectivity index (χ1v) is 11.4. The van der Waals surface area contributed by atoms with Crippen LogP contribution in [0.5, 0.6) is 0 Å². The molecule has 1 N–H and O–H groups in total. The van der Waals surface area contributed by atoms with Crippen LogP contribution in [-0.2, 0) is 17.1 Å². The molecule has 2 aromatic carbocycles. The van der Waals surface area contributed by atoms with Crippen molar-refractivity contribution in [3.63, 3.8) is 0 Å². The van der Waals surface area contributed by atoms with Crippen LogP contribution >= 0.6 is 0 Å². The first-order chi connectivity index (χ1) is 17.0. The van der Waals surface area contributed by atoms with Gasteiger partial charge in [-0.3, -0.25) is 9.69 Å². The topological polar surface area (TPSA) is 40.5 Å². The van der Waals surface area contributed by atoms with Gasteiger partial charge in [0.05, 0.1) is 11.1 Å². The predicted molar refractivity (Wildman–Crippen MR) is 115 cm³/mol. The molecular formula is C25H24F9NO2. The Balaban J connectivity index is 2.01. The molecule has 3 rings (SSSR count). The number of hydrogen-bond donors (Lipinski definition) is 1. The van der Waals surface area contributed by atoms with Gasteiger partial charge in [-0.25, -0.2) is 0 Å². The number of aliphatic carboxylic acids is 1. The molecule has 1 heterocycles. The van der Waals surface area contributed by atoms with Crippen LogP contribution in [0.3, 0.4) is 0 Å². The molecule has 0 saturated carbocycles. The Bertz CT molecular complexity index is 1040. The van der Waals surface area contributed by atoms with Crippen molar-refractivity contribution in [3.8, 4) is 0 Å². The number of nitrogens with zero attached hydrogens (tertiary/aromatic N) is 1. The standard InChI is InChI=1S/C25H24F9NO2/c26-23(27,28)11-9-20(16-1-5-18(6-2-16)24(29,30)31)35-12-10-15(14-22(36)37)13-21(35)17-3-7-19(8-4-17)25(32,33)34/h1-8,15,20-21H,9-14H2,(H,36,37). The van der Waals surface area contributed by atoms with Crippen LogP contribution in [0.25, 0.3) is 0 Å². The molecule has 0 spiro atoms. The van der Waals surface area contributed by atoms with E-state index < -0.39 is 60.6 Å². The van der Waals surface area contributed by atoms with E-state index in [0.717, 1.165) is 36.4 Å². The molecule has 2 aromatic rings. The van der Waals surface area contributed by atoms with Gasteiger partial charge in [0.25, 0.3) is 0 Å². The number of alkyl halides is 9. The van der Waals surface area contributed by atoms with Gasteiger partial charge in [0.2, 0.25) is 0 Å². The lowest BCUT2D eigenvalue weighted by Gasteiger charge is -2.44. The van der Waals surface area contributed by atoms with E-state index in [-0.39, 0.29) is 30.9 Å². The highest BCUT2D eigenvalue weighted by molar-refractivity contribution is 5.67. The second-order valence-electron chi connectivity index (χ2n) is 9.15. The highest BCUT2D eigenvalue weighted by Gasteiger charge is 2.39. The fourth-order valence-electron chi connectivity index (χ4n) is 4.80. The minimum absolute atomic E-state index is 0.118. The maximum Gasteiger partial charge on any atom is 0.416 e. The molecule has 37 heavy (non-hydrogen) atoms. The van der Waals surface area contributed by atoms with Gasteiger partial charge in [-0.1, -0.05) is 24.3 Å². The summed E-state index contributed by atoms with van der Waals surface area (Å²) in [7, 11) is 0. The van der Waals surface area contributed by atoms with Crippen molar-refractivity contribution in [3.05, 3.63) is 70.8 Å². The van der Waals surface area contributed by atoms with Gasteiger partial charge in [-0.2, -0.15) is 39.5 Å². The lowest BCUT2D eigenvalue weighted by atomic mass is 9.82. The van der Waals surface area contributed by atoms with Gasteiger partial charge in [0.15, 0.2) is 0 Å². The number of carbonyl (C=O) groups is 1. The molecule has 0 aromatic heterocycles. The van der Waals surface area contributed by atoms with Gasteiger partial charge in [0, 0.05) is 24.9 Å². The molecule has 0 bridgehead atoms. The van der Waals surface area contributed by atoms with Gasteiger partial charge < -0.3 is 5.11 Å². The Morgan fingerprint density at radius 1 is 0.865 bits per heavy atom. The first-order valence-electron chi connectivity index (χ1n) is 11.4. The van der Waals surface area contributed by atoms with Gasteiger partial charge >= 0.3 is 24.5 Å². The molecule has 1 aliphatic heterocycles. The smallest absolute Gasteiger partial charge is 0.416 e. The van der Waals surface area contributed by atoms with Crippen LogP contribution in [0.1, 0.15) is 66.4 Å². The Morgan fingerprint density at radius 3 is 1.84 bits per heavy atom. The van der Waals surface area contributed by atoms with Crippen molar-refractivity contribution >= 4 is 5.97 Å². The zero-order valence-electron chi connectivity index (χ0n) is 19.3. The number of carboxylic acid groups (broad SMARTS) is 1. The minimum atomic E-state index is -4.64. The van der Waals surface area contributed by atoms with E-state index in [1.165, 1.54) is 12.1 Å². The molecule has 3 nitrogen and oxygen atoms in total. The Labute approximate surface area is 206 Å². The van der Waals surface area contributed by atoms with Crippen molar-refractivity contribution in [2.45, 2.75) is 62.7 Å². The highest BCUT2D eigenvalue weighted by Crippen LogP contribution is 2.44. The van der Waals surface area contributed by atoms with E-state index in [0.29, 0.717) is 12.0 Å². The zero-order valence-corrected chi connectivity index (χ0v) is 19.3. The van der Waals surface area contributed by atoms with E-state index >= 15 is 0 Å². The summed E-state index contributed by atoms with van der Waals surface area (Å²) >= 11 is 0. The van der Waals surface area contributed by atoms with Crippen molar-refractivity contribution in [1.82, 2.24) is 4.90 Å². The van der Waals surface area contributed by atoms with Crippen LogP contribution in [0.15, 0.2) is 48.5 Å². The molecule has 204 valence electrons. The number of likely N-dealkylation sites (tertiary alicyclic amines) is 1. The quantitative estimate of drug-likeness (QED) is 0.361. The van der Waals surface area contributed by atoms with Gasteiger partial charge in [-0.05, 0) is 67.1 Å². The Morgan fingerprint density at radius 2 is 1.38 bits per heavy atom. The maximum absolute atomic E-state index is 13.2. The number of piperidine rings is 1. The number of benzene rings is 2. The van der Waals surface area contributed by atoms with Gasteiger partial charge in [-0.15, -0.1) is 0 Å². The molecule has 3 atom stereocenters. The number of rotatable bonds is 7. The molecule has 0 aliphatic carbocycles. The second-order valence-corrected chi connectivity index (χ2v) is 9.15. The highest BCUT2D eigenvalue weighted by atomic mass is 19.4. The fourth-order valence-corrected chi connectivity index (χ4v) is 4.80. The van der Waals surface area contributed by atoms with Crippen LogP contribution in [-0.4, -0.2) is 28.7 Å². The van der Waals surface area contributed by atoms with E-state index in [1.807, 2.05) is 0 Å². The van der Waals surface area contributed by atoms with Crippen molar-refractivity contribution in [2.75, 3.05) is 6.54 Å². The Kier molecular flexibility index (Phi) is 8.50. The van der Waals surface area contributed by atoms with Crippen LogP contribution in [0, 0.1) is 5.92 Å². The lowest BCUT2D eigenvalue weighted by molar-refractivity contribution is -0.141. The minimum Gasteiger partial charge on any atom is -0.481 e. The Hall–Kier alpha value is -2.76. The summed E-state index contributed by atoms with van der Waals surface area (Å²) in [5.74, 6) is -1.46. The number of hydrogen-bond acceptors (Lipinski definition) is 2. The van der Waals surface area contributed by atoms with Crippen molar-refractivity contribution in [2.24, 2.45) is 5.92 Å². The van der Waals surface area contributed by atoms with E-state index in [9.17, 15) is 49.4 Å². The summed E-state index contributed by atoms with van der Waals surface area (Å²) < 4.78 is 118. The molecule has 12 heteroatoms. The molecule has 0 radical (unpaired) electrons. The largest absolute Gasteiger partial charge is 0.481 e. The second kappa shape index (κ2) is 10.9. The van der Waals surface area contributed by atoms with E-state index in [1.54, 1.807) is 4.90 Å². The summed E-state index contributed by atoms with van der Waals surface area (Å²) in [5.41, 5.74) is -1.33. The SMILES string of the molecule is O=C(O)CC1CCN(C(CCC(F)(F)F)c2ccc(C(F)(F)F)cc2)C(c2ccc(C(F)(F)F)cc2)C1. The first kappa shape index (κ1) is 28.8. The molecular weight excluding hydrogens is 517 g/mol. The van der Waals surface area contributed by atoms with Crippen molar-refractivity contribution in [1.29, 1.82) is 0 Å². The molecule has 0 amide bonds. The average Bonchev–Trinajstić information content (AvgIpc) is 2.78. The zero-order chi connectivity index (χ0) is 27.6. The van der Waals surface area contributed by atoms with Gasteiger partial charge in [0.1, 0.15) is 0 Å². The third kappa shape index (κ3) is 7.86. The maximum atomic E-state index is 13.2. The summed E-state index contributed by atoms with van der Waals surface area (Å²) in [6.07, 6.45) is -15.3. The average molecular weight is 541 g/mol. The molecule has 3 unspecified atom stereocenters.